The highest BCUT2D eigenvalue weighted by Gasteiger charge is 2.35. The van der Waals surface area contributed by atoms with Gasteiger partial charge in [0, 0.05) is 36.2 Å². The summed E-state index contributed by atoms with van der Waals surface area (Å²) in [5.41, 5.74) is 2.10. The lowest BCUT2D eigenvalue weighted by Gasteiger charge is -2.16. The van der Waals surface area contributed by atoms with E-state index in [1.54, 1.807) is 0 Å². The lowest BCUT2D eigenvalue weighted by molar-refractivity contribution is -0.117. The van der Waals surface area contributed by atoms with Gasteiger partial charge in [0.15, 0.2) is 5.82 Å². The van der Waals surface area contributed by atoms with E-state index >= 15 is 0 Å². The van der Waals surface area contributed by atoms with Crippen LogP contribution in [0, 0.1) is 18.6 Å². The predicted molar refractivity (Wildman–Crippen MR) is 90.5 cm³/mol. The van der Waals surface area contributed by atoms with E-state index < -0.39 is 11.6 Å². The molecule has 1 aliphatic heterocycles. The minimum absolute atomic E-state index is 0.158. The quantitative estimate of drug-likeness (QED) is 0.716. The number of hydrogen-bond donors (Lipinski definition) is 0. The summed E-state index contributed by atoms with van der Waals surface area (Å²) in [7, 11) is 0. The summed E-state index contributed by atoms with van der Waals surface area (Å²) < 4.78 is 32.2. The van der Waals surface area contributed by atoms with Gasteiger partial charge in [-0.3, -0.25) is 4.79 Å². The van der Waals surface area contributed by atoms with Gasteiger partial charge in [-0.05, 0) is 31.2 Å². The molecule has 4 rings (SSSR count). The van der Waals surface area contributed by atoms with Crippen LogP contribution in [0.4, 0.5) is 14.5 Å². The van der Waals surface area contributed by atoms with Crippen LogP contribution in [0.15, 0.2) is 47.0 Å². The Morgan fingerprint density at radius 3 is 2.50 bits per heavy atom. The monoisotopic (exact) mass is 355 g/mol. The van der Waals surface area contributed by atoms with E-state index in [2.05, 4.69) is 10.1 Å². The Bertz CT molecular complexity index is 949. The van der Waals surface area contributed by atoms with Crippen LogP contribution in [0.3, 0.4) is 0 Å². The van der Waals surface area contributed by atoms with Crippen molar-refractivity contribution >= 4 is 11.6 Å². The Balaban J connectivity index is 1.56. The van der Waals surface area contributed by atoms with Crippen LogP contribution in [0.25, 0.3) is 11.5 Å². The third-order valence-electron chi connectivity index (χ3n) is 4.39. The molecule has 1 saturated heterocycles. The predicted octanol–water partition coefficient (Wildman–Crippen LogP) is 3.84. The topological polar surface area (TPSA) is 59.2 Å². The maximum atomic E-state index is 13.4. The first-order valence-electron chi connectivity index (χ1n) is 8.17. The second-order valence-electron chi connectivity index (χ2n) is 6.36. The first-order valence-corrected chi connectivity index (χ1v) is 8.17. The van der Waals surface area contributed by atoms with Gasteiger partial charge in [-0.15, -0.1) is 0 Å². The fourth-order valence-corrected chi connectivity index (χ4v) is 3.04. The molecule has 1 atom stereocenters. The molecule has 1 unspecified atom stereocenters. The molecule has 7 heteroatoms. The van der Waals surface area contributed by atoms with E-state index in [0.717, 1.165) is 29.3 Å². The van der Waals surface area contributed by atoms with Crippen LogP contribution >= 0.6 is 0 Å². The van der Waals surface area contributed by atoms with E-state index in [4.69, 9.17) is 4.52 Å². The molecule has 1 fully saturated rings. The zero-order valence-corrected chi connectivity index (χ0v) is 13.9. The second kappa shape index (κ2) is 6.33. The zero-order chi connectivity index (χ0) is 18.3. The van der Waals surface area contributed by atoms with Gasteiger partial charge in [0.1, 0.15) is 11.6 Å². The minimum atomic E-state index is -0.725. The van der Waals surface area contributed by atoms with E-state index in [9.17, 15) is 13.6 Å². The highest BCUT2D eigenvalue weighted by molar-refractivity contribution is 5.96. The summed E-state index contributed by atoms with van der Waals surface area (Å²) in [5.74, 6) is -1.19. The molecule has 0 radical (unpaired) electrons. The van der Waals surface area contributed by atoms with E-state index in [0.29, 0.717) is 11.7 Å². The van der Waals surface area contributed by atoms with Crippen LogP contribution < -0.4 is 4.90 Å². The van der Waals surface area contributed by atoms with Gasteiger partial charge in [0.05, 0.1) is 0 Å². The van der Waals surface area contributed by atoms with E-state index in [-0.39, 0.29) is 30.5 Å². The maximum absolute atomic E-state index is 13.4. The summed E-state index contributed by atoms with van der Waals surface area (Å²) in [6.07, 6.45) is 0.158. The number of amides is 1. The van der Waals surface area contributed by atoms with Gasteiger partial charge in [-0.25, -0.2) is 8.78 Å². The number of carbonyl (C=O) groups is 1. The lowest BCUT2D eigenvalue weighted by Crippen LogP contribution is -2.24. The van der Waals surface area contributed by atoms with E-state index in [1.807, 2.05) is 31.2 Å². The second-order valence-corrected chi connectivity index (χ2v) is 6.36. The number of nitrogens with zero attached hydrogens (tertiary/aromatic N) is 3. The van der Waals surface area contributed by atoms with E-state index in [1.165, 1.54) is 4.90 Å². The molecule has 0 N–H and O–H groups in total. The smallest absolute Gasteiger partial charge is 0.257 e. The fraction of sp³-hybridized carbons (Fsp3) is 0.211. The molecule has 26 heavy (non-hydrogen) atoms. The molecule has 1 aliphatic rings. The normalized spacial score (nSPS) is 17.1. The van der Waals surface area contributed by atoms with Crippen LogP contribution in [0.1, 0.15) is 23.7 Å². The van der Waals surface area contributed by atoms with Gasteiger partial charge >= 0.3 is 0 Å². The molecular weight excluding hydrogens is 340 g/mol. The van der Waals surface area contributed by atoms with Crippen LogP contribution in [-0.4, -0.2) is 22.6 Å². The number of aryl methyl sites for hydroxylation is 1. The Labute approximate surface area is 148 Å². The summed E-state index contributed by atoms with van der Waals surface area (Å²) >= 11 is 0. The average Bonchev–Trinajstić information content (AvgIpc) is 3.21. The number of halogens is 2. The molecule has 132 valence electrons. The van der Waals surface area contributed by atoms with Gasteiger partial charge < -0.3 is 9.42 Å². The molecule has 2 aromatic carbocycles. The van der Waals surface area contributed by atoms with Gasteiger partial charge in [0.2, 0.25) is 5.91 Å². The summed E-state index contributed by atoms with van der Waals surface area (Å²) in [4.78, 5) is 18.0. The number of hydrogen-bond acceptors (Lipinski definition) is 4. The molecule has 3 aromatic rings. The molecule has 1 aromatic heterocycles. The number of aromatic nitrogens is 2. The average molecular weight is 355 g/mol. The highest BCUT2D eigenvalue weighted by atomic mass is 19.1. The molecule has 5 nitrogen and oxygen atoms in total. The SMILES string of the molecule is Cc1ccc(-c2nc(C3CC(=O)N(c4cc(F)cc(F)c4)C3)no2)cc1. The van der Waals surface area contributed by atoms with Crippen molar-refractivity contribution in [3.8, 4) is 11.5 Å². The molecule has 1 amide bonds. The summed E-state index contributed by atoms with van der Waals surface area (Å²) in [5, 5.41) is 3.98. The van der Waals surface area contributed by atoms with Crippen molar-refractivity contribution in [3.63, 3.8) is 0 Å². The van der Waals surface area contributed by atoms with Crippen molar-refractivity contribution in [1.82, 2.24) is 10.1 Å². The van der Waals surface area contributed by atoms with Crippen molar-refractivity contribution in [1.29, 1.82) is 0 Å². The third-order valence-corrected chi connectivity index (χ3v) is 4.39. The first kappa shape index (κ1) is 16.4. The van der Waals surface area contributed by atoms with Gasteiger partial charge in [-0.2, -0.15) is 4.98 Å². The fourth-order valence-electron chi connectivity index (χ4n) is 3.04. The van der Waals surface area contributed by atoms with Crippen LogP contribution in [0.5, 0.6) is 0 Å². The Hall–Kier alpha value is -3.09. The standard InChI is InChI=1S/C19H15F2N3O2/c1-11-2-4-12(5-3-11)19-22-18(23-26-19)13-6-17(25)24(10-13)16-8-14(20)7-15(21)9-16/h2-5,7-9,13H,6,10H2,1H3. The van der Waals surface area contributed by atoms with Crippen LogP contribution in [0.2, 0.25) is 0 Å². The molecule has 0 saturated carbocycles. The zero-order valence-electron chi connectivity index (χ0n) is 13.9. The summed E-state index contributed by atoms with van der Waals surface area (Å²) in [6.45, 7) is 2.23. The number of carbonyl (C=O) groups excluding carboxylic acids is 1. The molecule has 0 aliphatic carbocycles. The summed E-state index contributed by atoms with van der Waals surface area (Å²) in [6, 6.07) is 10.7. The van der Waals surface area contributed by atoms with Crippen LogP contribution in [-0.2, 0) is 4.79 Å². The van der Waals surface area contributed by atoms with Crippen molar-refractivity contribution < 1.29 is 18.1 Å². The largest absolute Gasteiger partial charge is 0.334 e. The van der Waals surface area contributed by atoms with Gasteiger partial charge in [0.25, 0.3) is 5.89 Å². The minimum Gasteiger partial charge on any atom is -0.334 e. The molecular formula is C19H15F2N3O2. The molecule has 0 spiro atoms. The van der Waals surface area contributed by atoms with Gasteiger partial charge in [-0.1, -0.05) is 22.9 Å². The highest BCUT2D eigenvalue weighted by Crippen LogP contribution is 2.32. The molecule has 0 bridgehead atoms. The first-order chi connectivity index (χ1) is 12.5. The number of rotatable bonds is 3. The van der Waals surface area contributed by atoms with Crippen molar-refractivity contribution in [2.75, 3.05) is 11.4 Å². The lowest BCUT2D eigenvalue weighted by atomic mass is 10.1. The number of benzene rings is 2. The Kier molecular flexibility index (Phi) is 3.99. The van der Waals surface area contributed by atoms with Crippen molar-refractivity contribution in [2.24, 2.45) is 0 Å². The number of anilines is 1. The third kappa shape index (κ3) is 3.08. The Morgan fingerprint density at radius 1 is 1.12 bits per heavy atom. The van der Waals surface area contributed by atoms with Crippen molar-refractivity contribution in [3.05, 3.63) is 65.5 Å². The Morgan fingerprint density at radius 2 is 1.81 bits per heavy atom. The molecule has 2 heterocycles. The maximum Gasteiger partial charge on any atom is 0.257 e. The van der Waals surface area contributed by atoms with Crippen molar-refractivity contribution in [2.45, 2.75) is 19.3 Å².